The first-order chi connectivity index (χ1) is 12.1. The van der Waals surface area contributed by atoms with Gasteiger partial charge in [-0.05, 0) is 19.9 Å². The molecule has 1 saturated heterocycles. The van der Waals surface area contributed by atoms with E-state index in [1.807, 2.05) is 18.7 Å². The Kier molecular flexibility index (Phi) is 4.88. The van der Waals surface area contributed by atoms with Crippen LogP contribution in [0.5, 0.6) is 0 Å². The van der Waals surface area contributed by atoms with Gasteiger partial charge in [-0.25, -0.2) is 13.8 Å². The lowest BCUT2D eigenvalue weighted by Gasteiger charge is -2.48. The predicted octanol–water partition coefficient (Wildman–Crippen LogP) is 0.0472. The number of halogens is 2. The SMILES string of the molecule is BC(B)(O)N1C2=CC(OCc3cccc(F)c3F)=NC(C2)NCC1(C)C. The van der Waals surface area contributed by atoms with Crippen LogP contribution < -0.4 is 5.32 Å². The van der Waals surface area contributed by atoms with Gasteiger partial charge in [-0.3, -0.25) is 5.32 Å². The number of hydrogen-bond acceptors (Lipinski definition) is 5. The van der Waals surface area contributed by atoms with Crippen LogP contribution in [-0.4, -0.2) is 55.4 Å². The molecule has 0 saturated carbocycles. The Morgan fingerprint density at radius 2 is 2.15 bits per heavy atom. The van der Waals surface area contributed by atoms with Gasteiger partial charge in [-0.1, -0.05) is 12.1 Å². The van der Waals surface area contributed by atoms with Gasteiger partial charge >= 0.3 is 0 Å². The highest BCUT2D eigenvalue weighted by Gasteiger charge is 2.41. The second kappa shape index (κ2) is 6.70. The molecule has 1 aromatic carbocycles. The van der Waals surface area contributed by atoms with Gasteiger partial charge in [0, 0.05) is 35.8 Å². The highest BCUT2D eigenvalue weighted by Crippen LogP contribution is 2.33. The molecule has 138 valence electrons. The third-order valence-electron chi connectivity index (χ3n) is 4.59. The summed E-state index contributed by atoms with van der Waals surface area (Å²) in [6, 6.07) is 3.99. The van der Waals surface area contributed by atoms with Crippen molar-refractivity contribution >= 4 is 21.6 Å². The fourth-order valence-corrected chi connectivity index (χ4v) is 3.73. The first kappa shape index (κ1) is 18.9. The van der Waals surface area contributed by atoms with Crippen molar-refractivity contribution in [3.05, 3.63) is 47.2 Å². The van der Waals surface area contributed by atoms with Crippen molar-refractivity contribution < 1.29 is 18.6 Å². The number of dihydropyridines is 1. The fourth-order valence-electron chi connectivity index (χ4n) is 3.73. The van der Waals surface area contributed by atoms with Crippen LogP contribution >= 0.6 is 0 Å². The second-order valence-electron chi connectivity index (χ2n) is 7.85. The van der Waals surface area contributed by atoms with Crippen molar-refractivity contribution in [2.24, 2.45) is 4.99 Å². The molecule has 0 amide bonds. The maximum Gasteiger partial charge on any atom is 0.212 e. The number of rotatable bonds is 3. The fraction of sp³-hybridized carbons (Fsp3) is 0.471. The minimum Gasteiger partial charge on any atom is -0.473 e. The molecule has 1 atom stereocenters. The molecule has 2 aliphatic heterocycles. The third kappa shape index (κ3) is 3.78. The average molecular weight is 361 g/mol. The van der Waals surface area contributed by atoms with Gasteiger partial charge in [0.1, 0.15) is 12.8 Å². The highest BCUT2D eigenvalue weighted by atomic mass is 19.2. The van der Waals surface area contributed by atoms with Crippen molar-refractivity contribution in [3.63, 3.8) is 0 Å². The summed E-state index contributed by atoms with van der Waals surface area (Å²) in [5.74, 6) is -1.48. The van der Waals surface area contributed by atoms with Crippen LogP contribution in [0.15, 0.2) is 35.0 Å². The molecule has 26 heavy (non-hydrogen) atoms. The molecule has 2 bridgehead atoms. The van der Waals surface area contributed by atoms with Gasteiger partial charge in [0.25, 0.3) is 0 Å². The summed E-state index contributed by atoms with van der Waals surface area (Å²) in [6.45, 7) is 4.60. The molecule has 2 N–H and O–H groups in total. The van der Waals surface area contributed by atoms with Crippen LogP contribution in [0.1, 0.15) is 25.8 Å². The summed E-state index contributed by atoms with van der Waals surface area (Å²) in [7, 11) is 3.48. The summed E-state index contributed by atoms with van der Waals surface area (Å²) in [5, 5.41) is 14.0. The zero-order valence-corrected chi connectivity index (χ0v) is 15.5. The normalized spacial score (nSPS) is 22.3. The van der Waals surface area contributed by atoms with Gasteiger partial charge in [-0.15, -0.1) is 0 Å². The molecule has 0 aliphatic carbocycles. The van der Waals surface area contributed by atoms with E-state index in [-0.39, 0.29) is 23.9 Å². The lowest BCUT2D eigenvalue weighted by molar-refractivity contribution is -0.00474. The molecule has 3 rings (SSSR count). The van der Waals surface area contributed by atoms with E-state index in [4.69, 9.17) is 4.74 Å². The molecule has 0 radical (unpaired) electrons. The predicted molar refractivity (Wildman–Crippen MR) is 101 cm³/mol. The smallest absolute Gasteiger partial charge is 0.212 e. The minimum atomic E-state index is -1.07. The Morgan fingerprint density at radius 1 is 1.42 bits per heavy atom. The largest absolute Gasteiger partial charge is 0.473 e. The Morgan fingerprint density at radius 3 is 2.85 bits per heavy atom. The van der Waals surface area contributed by atoms with E-state index in [0.717, 1.165) is 11.8 Å². The molecule has 1 aromatic rings. The van der Waals surface area contributed by atoms with E-state index in [0.29, 0.717) is 18.9 Å². The van der Waals surface area contributed by atoms with E-state index < -0.39 is 17.2 Å². The molecule has 0 spiro atoms. The molecular formula is C17H23B2F2N3O2. The number of benzene rings is 1. The summed E-state index contributed by atoms with van der Waals surface area (Å²) in [4.78, 5) is 6.45. The Labute approximate surface area is 153 Å². The highest BCUT2D eigenvalue weighted by molar-refractivity contribution is 6.38. The van der Waals surface area contributed by atoms with Crippen LogP contribution in [-0.2, 0) is 11.3 Å². The summed E-state index contributed by atoms with van der Waals surface area (Å²) >= 11 is 0. The first-order valence-corrected chi connectivity index (χ1v) is 8.68. The van der Waals surface area contributed by atoms with Gasteiger partial charge in [-0.2, -0.15) is 0 Å². The zero-order valence-electron chi connectivity index (χ0n) is 15.5. The van der Waals surface area contributed by atoms with E-state index in [1.165, 1.54) is 12.1 Å². The van der Waals surface area contributed by atoms with Crippen molar-refractivity contribution in [2.45, 2.75) is 44.1 Å². The average Bonchev–Trinajstić information content (AvgIpc) is 2.61. The minimum absolute atomic E-state index is 0.120. The summed E-state index contributed by atoms with van der Waals surface area (Å²) in [6.07, 6.45) is 2.20. The topological polar surface area (TPSA) is 57.1 Å². The number of hydrogen-bond donors (Lipinski definition) is 2. The maximum atomic E-state index is 13.8. The quantitative estimate of drug-likeness (QED) is 0.748. The summed E-state index contributed by atoms with van der Waals surface area (Å²) < 4.78 is 32.8. The second-order valence-corrected chi connectivity index (χ2v) is 7.85. The molecule has 1 unspecified atom stereocenters. The Hall–Kier alpha value is -1.86. The molecule has 2 aliphatic rings. The molecule has 0 aromatic heterocycles. The summed E-state index contributed by atoms with van der Waals surface area (Å²) in [5.41, 5.74) is -0.379. The van der Waals surface area contributed by atoms with Gasteiger partial charge in [0.05, 0.1) is 5.52 Å². The Balaban J connectivity index is 1.85. The lowest BCUT2D eigenvalue weighted by Crippen LogP contribution is -2.60. The van der Waals surface area contributed by atoms with Crippen molar-refractivity contribution in [1.29, 1.82) is 0 Å². The number of ether oxygens (including phenoxy) is 1. The van der Waals surface area contributed by atoms with Crippen LogP contribution in [0.4, 0.5) is 8.78 Å². The molecule has 1 fully saturated rings. The van der Waals surface area contributed by atoms with E-state index in [9.17, 15) is 13.9 Å². The number of nitrogens with one attached hydrogen (secondary N) is 1. The monoisotopic (exact) mass is 361 g/mol. The number of aliphatic hydroxyl groups is 1. The van der Waals surface area contributed by atoms with E-state index in [1.54, 1.807) is 21.8 Å². The van der Waals surface area contributed by atoms with E-state index >= 15 is 0 Å². The van der Waals surface area contributed by atoms with Crippen molar-refractivity contribution in [2.75, 3.05) is 6.54 Å². The molecule has 5 nitrogen and oxygen atoms in total. The van der Waals surface area contributed by atoms with Crippen LogP contribution in [0, 0.1) is 11.6 Å². The first-order valence-electron chi connectivity index (χ1n) is 8.68. The standard InChI is InChI=1S/C17H23B2F2N3O2/c1-16(2)9-22-13-6-11(24(16)17(18,19)25)7-14(23-13)26-8-10-4-3-5-12(20)15(10)21/h3-5,7,13,22,25H,6,8-9,18-19H2,1-2H3. The van der Waals surface area contributed by atoms with Crippen LogP contribution in [0.25, 0.3) is 0 Å². The van der Waals surface area contributed by atoms with Crippen molar-refractivity contribution in [3.8, 4) is 0 Å². The Bertz CT molecular complexity index is 763. The molecule has 2 heterocycles. The maximum absolute atomic E-state index is 13.8. The number of nitrogens with zero attached hydrogens (tertiary/aromatic N) is 2. The lowest BCUT2D eigenvalue weighted by atomic mass is 9.69. The van der Waals surface area contributed by atoms with Crippen LogP contribution in [0.3, 0.4) is 0 Å². The van der Waals surface area contributed by atoms with E-state index in [2.05, 4.69) is 10.3 Å². The molecular weight excluding hydrogens is 338 g/mol. The molecule has 9 heteroatoms. The zero-order chi connectivity index (χ0) is 19.1. The van der Waals surface area contributed by atoms with Gasteiger partial charge in [0.15, 0.2) is 27.3 Å². The third-order valence-corrected chi connectivity index (χ3v) is 4.59. The van der Waals surface area contributed by atoms with Crippen LogP contribution in [0.2, 0.25) is 0 Å². The van der Waals surface area contributed by atoms with Crippen molar-refractivity contribution in [1.82, 2.24) is 10.2 Å². The van der Waals surface area contributed by atoms with Gasteiger partial charge < -0.3 is 14.7 Å². The number of fused-ring (bicyclic) bond motifs is 2. The van der Waals surface area contributed by atoms with Gasteiger partial charge in [0.2, 0.25) is 5.90 Å². The number of aliphatic imine (C=N–C) groups is 1.